The van der Waals surface area contributed by atoms with Crippen LogP contribution < -0.4 is 0 Å². The van der Waals surface area contributed by atoms with Gasteiger partial charge in [-0.05, 0) is 61.8 Å². The van der Waals surface area contributed by atoms with Crippen LogP contribution in [-0.4, -0.2) is 35.2 Å². The van der Waals surface area contributed by atoms with Gasteiger partial charge in [0.15, 0.2) is 0 Å². The van der Waals surface area contributed by atoms with Crippen LogP contribution in [0.4, 0.5) is 0 Å². The van der Waals surface area contributed by atoms with Gasteiger partial charge in [-0.1, -0.05) is 34.6 Å². The molecule has 1 aliphatic heterocycles. The Morgan fingerprint density at radius 3 is 2.45 bits per heavy atom. The lowest BCUT2D eigenvalue weighted by molar-refractivity contribution is -0.000975. The molecule has 0 aromatic heterocycles. The summed E-state index contributed by atoms with van der Waals surface area (Å²) in [6, 6.07) is 0.747. The van der Waals surface area contributed by atoms with Crippen LogP contribution in [0.15, 0.2) is 0 Å². The van der Waals surface area contributed by atoms with Gasteiger partial charge >= 0.3 is 0 Å². The van der Waals surface area contributed by atoms with Crippen LogP contribution in [0.25, 0.3) is 0 Å². The van der Waals surface area contributed by atoms with Gasteiger partial charge in [-0.15, -0.1) is 0 Å². The third kappa shape index (κ3) is 3.76. The third-order valence-corrected chi connectivity index (χ3v) is 5.82. The Labute approximate surface area is 125 Å². The highest BCUT2D eigenvalue weighted by molar-refractivity contribution is 4.90. The van der Waals surface area contributed by atoms with E-state index in [-0.39, 0.29) is 6.10 Å². The number of nitrogens with zero attached hydrogens (tertiary/aromatic N) is 1. The molecule has 2 heteroatoms. The molecule has 1 aliphatic carbocycles. The monoisotopic (exact) mass is 281 g/mol. The average Bonchev–Trinajstić information content (AvgIpc) is 2.78. The van der Waals surface area contributed by atoms with Crippen LogP contribution in [0.3, 0.4) is 0 Å². The molecule has 1 heterocycles. The smallest absolute Gasteiger partial charge is 0.0580 e. The van der Waals surface area contributed by atoms with E-state index in [0.717, 1.165) is 30.8 Å². The molecule has 4 unspecified atom stereocenters. The van der Waals surface area contributed by atoms with E-state index < -0.39 is 0 Å². The minimum atomic E-state index is -0.0676. The van der Waals surface area contributed by atoms with Crippen LogP contribution in [0.1, 0.15) is 66.7 Å². The Hall–Kier alpha value is -0.0800. The summed E-state index contributed by atoms with van der Waals surface area (Å²) in [7, 11) is 0. The lowest BCUT2D eigenvalue weighted by Crippen LogP contribution is -2.44. The van der Waals surface area contributed by atoms with E-state index in [0.29, 0.717) is 11.3 Å². The third-order valence-electron chi connectivity index (χ3n) is 5.82. The zero-order valence-electron chi connectivity index (χ0n) is 14.2. The number of likely N-dealkylation sites (tertiary alicyclic amines) is 1. The summed E-state index contributed by atoms with van der Waals surface area (Å²) in [5.41, 5.74) is 0.390. The van der Waals surface area contributed by atoms with Crippen molar-refractivity contribution in [3.8, 4) is 0 Å². The summed E-state index contributed by atoms with van der Waals surface area (Å²) in [5.74, 6) is 2.01. The number of hydrogen-bond acceptors (Lipinski definition) is 2. The summed E-state index contributed by atoms with van der Waals surface area (Å²) in [5, 5.41) is 10.4. The molecule has 4 atom stereocenters. The first-order valence-corrected chi connectivity index (χ1v) is 8.71. The molecule has 0 spiro atoms. The molecule has 2 aliphatic rings. The average molecular weight is 281 g/mol. The van der Waals surface area contributed by atoms with E-state index in [2.05, 4.69) is 39.5 Å². The summed E-state index contributed by atoms with van der Waals surface area (Å²) in [6.45, 7) is 14.1. The fraction of sp³-hybridized carbons (Fsp3) is 1.00. The summed E-state index contributed by atoms with van der Waals surface area (Å²) in [4.78, 5) is 2.67. The van der Waals surface area contributed by atoms with Gasteiger partial charge in [0.25, 0.3) is 0 Å². The molecule has 0 radical (unpaired) electrons. The van der Waals surface area contributed by atoms with Crippen LogP contribution in [0.5, 0.6) is 0 Å². The van der Waals surface area contributed by atoms with Gasteiger partial charge in [-0.2, -0.15) is 0 Å². The van der Waals surface area contributed by atoms with E-state index >= 15 is 0 Å². The van der Waals surface area contributed by atoms with Crippen molar-refractivity contribution in [2.45, 2.75) is 78.9 Å². The van der Waals surface area contributed by atoms with Gasteiger partial charge in [0.05, 0.1) is 6.10 Å². The van der Waals surface area contributed by atoms with Crippen molar-refractivity contribution in [2.75, 3.05) is 13.1 Å². The molecule has 1 N–H and O–H groups in total. The minimum Gasteiger partial charge on any atom is -0.393 e. The molecule has 2 fully saturated rings. The molecule has 0 aromatic carbocycles. The van der Waals surface area contributed by atoms with Crippen LogP contribution in [0.2, 0.25) is 0 Å². The maximum absolute atomic E-state index is 10.4. The molecule has 118 valence electrons. The van der Waals surface area contributed by atoms with Gasteiger partial charge in [0, 0.05) is 12.6 Å². The highest BCUT2D eigenvalue weighted by atomic mass is 16.3. The molecule has 20 heavy (non-hydrogen) atoms. The number of aliphatic hydroxyl groups excluding tert-OH is 1. The molecule has 2 rings (SSSR count). The van der Waals surface area contributed by atoms with Gasteiger partial charge in [0.2, 0.25) is 0 Å². The second-order valence-corrected chi connectivity index (χ2v) is 8.65. The zero-order valence-corrected chi connectivity index (χ0v) is 14.2. The molecule has 0 amide bonds. The molecule has 1 saturated heterocycles. The number of aliphatic hydroxyl groups is 1. The maximum atomic E-state index is 10.4. The van der Waals surface area contributed by atoms with E-state index in [1.54, 1.807) is 0 Å². The zero-order chi connectivity index (χ0) is 14.9. The van der Waals surface area contributed by atoms with Gasteiger partial charge in [0.1, 0.15) is 0 Å². The van der Waals surface area contributed by atoms with Crippen LogP contribution >= 0.6 is 0 Å². The lowest BCUT2D eigenvalue weighted by Gasteiger charge is -2.42. The Morgan fingerprint density at radius 1 is 1.15 bits per heavy atom. The summed E-state index contributed by atoms with van der Waals surface area (Å²) in [6.07, 6.45) is 6.05. The molecular weight excluding hydrogens is 246 g/mol. The summed E-state index contributed by atoms with van der Waals surface area (Å²) < 4.78 is 0. The Kier molecular flexibility index (Phi) is 5.18. The maximum Gasteiger partial charge on any atom is 0.0580 e. The first-order chi connectivity index (χ1) is 9.29. The van der Waals surface area contributed by atoms with Crippen molar-refractivity contribution in [1.82, 2.24) is 4.90 Å². The second-order valence-electron chi connectivity index (χ2n) is 8.65. The fourth-order valence-electron chi connectivity index (χ4n) is 4.37. The van der Waals surface area contributed by atoms with Crippen molar-refractivity contribution in [3.05, 3.63) is 0 Å². The van der Waals surface area contributed by atoms with E-state index in [9.17, 15) is 5.11 Å². The Bertz CT molecular complexity index is 307. The quantitative estimate of drug-likeness (QED) is 0.847. The standard InChI is InChI=1S/C18H35NO/c1-13(2)16-7-6-10-19(16)12-14-11-15(18(3,4)5)8-9-17(14)20/h13-17,20H,6-12H2,1-5H3. The molecule has 0 aromatic rings. The van der Waals surface area contributed by atoms with Crippen molar-refractivity contribution in [2.24, 2.45) is 23.2 Å². The van der Waals surface area contributed by atoms with Crippen LogP contribution in [-0.2, 0) is 0 Å². The molecule has 2 nitrogen and oxygen atoms in total. The van der Waals surface area contributed by atoms with E-state index in [4.69, 9.17) is 0 Å². The molecular formula is C18H35NO. The van der Waals surface area contributed by atoms with E-state index in [1.807, 2.05) is 0 Å². The lowest BCUT2D eigenvalue weighted by atomic mass is 9.68. The predicted octanol–water partition coefficient (Wildman–Crippen LogP) is 3.93. The van der Waals surface area contributed by atoms with Crippen molar-refractivity contribution < 1.29 is 5.11 Å². The first-order valence-electron chi connectivity index (χ1n) is 8.71. The predicted molar refractivity (Wildman–Crippen MR) is 85.7 cm³/mol. The largest absolute Gasteiger partial charge is 0.393 e. The Balaban J connectivity index is 1.96. The SMILES string of the molecule is CC(C)C1CCCN1CC1CC(C(C)(C)C)CCC1O. The Morgan fingerprint density at radius 2 is 1.85 bits per heavy atom. The minimum absolute atomic E-state index is 0.0676. The topological polar surface area (TPSA) is 23.5 Å². The number of hydrogen-bond donors (Lipinski definition) is 1. The van der Waals surface area contributed by atoms with E-state index in [1.165, 1.54) is 32.2 Å². The van der Waals surface area contributed by atoms with Crippen molar-refractivity contribution in [1.29, 1.82) is 0 Å². The van der Waals surface area contributed by atoms with Gasteiger partial charge < -0.3 is 5.11 Å². The van der Waals surface area contributed by atoms with Gasteiger partial charge in [-0.25, -0.2) is 0 Å². The highest BCUT2D eigenvalue weighted by Gasteiger charge is 2.37. The highest BCUT2D eigenvalue weighted by Crippen LogP contribution is 2.41. The summed E-state index contributed by atoms with van der Waals surface area (Å²) >= 11 is 0. The van der Waals surface area contributed by atoms with Crippen molar-refractivity contribution in [3.63, 3.8) is 0 Å². The van der Waals surface area contributed by atoms with Gasteiger partial charge in [-0.3, -0.25) is 4.90 Å². The molecule has 1 saturated carbocycles. The first kappa shape index (κ1) is 16.3. The number of rotatable bonds is 3. The normalized spacial score (nSPS) is 36.8. The fourth-order valence-corrected chi connectivity index (χ4v) is 4.37. The van der Waals surface area contributed by atoms with Crippen LogP contribution in [0, 0.1) is 23.2 Å². The van der Waals surface area contributed by atoms with Crippen molar-refractivity contribution >= 4 is 0 Å². The second kappa shape index (κ2) is 6.36. The molecule has 0 bridgehead atoms.